The van der Waals surface area contributed by atoms with Gasteiger partial charge in [0.1, 0.15) is 6.54 Å². The molecule has 0 spiro atoms. The highest BCUT2D eigenvalue weighted by molar-refractivity contribution is 7.98. The Bertz CT molecular complexity index is 1020. The third-order valence-electron chi connectivity index (χ3n) is 3.95. The molecule has 1 aromatic heterocycles. The molecule has 5 nitrogen and oxygen atoms in total. The van der Waals surface area contributed by atoms with Gasteiger partial charge in [0, 0.05) is 33.1 Å². The molecule has 0 radical (unpaired) electrons. The summed E-state index contributed by atoms with van der Waals surface area (Å²) in [6.07, 6.45) is 1.57. The van der Waals surface area contributed by atoms with Crippen molar-refractivity contribution in [2.24, 2.45) is 0 Å². The lowest BCUT2D eigenvalue weighted by Gasteiger charge is -2.15. The van der Waals surface area contributed by atoms with E-state index in [1.807, 2.05) is 30.3 Å². The minimum Gasteiger partial charge on any atom is -0.491 e. The molecule has 1 heterocycles. The largest absolute Gasteiger partial charge is 0.491 e. The van der Waals surface area contributed by atoms with Crippen LogP contribution >= 0.6 is 23.4 Å². The van der Waals surface area contributed by atoms with Crippen molar-refractivity contribution in [2.45, 2.75) is 17.2 Å². The van der Waals surface area contributed by atoms with Crippen molar-refractivity contribution < 1.29 is 9.53 Å². The Kier molecular flexibility index (Phi) is 6.79. The first-order valence-corrected chi connectivity index (χ1v) is 9.92. The van der Waals surface area contributed by atoms with E-state index in [9.17, 15) is 9.59 Å². The average molecular weight is 415 g/mol. The fourth-order valence-corrected chi connectivity index (χ4v) is 3.72. The number of amides is 1. The van der Waals surface area contributed by atoms with Gasteiger partial charge >= 0.3 is 0 Å². The first kappa shape index (κ1) is 20.0. The highest BCUT2D eigenvalue weighted by Gasteiger charge is 2.11. The van der Waals surface area contributed by atoms with Gasteiger partial charge in [-0.1, -0.05) is 35.9 Å². The van der Waals surface area contributed by atoms with Gasteiger partial charge in [-0.2, -0.15) is 0 Å². The Morgan fingerprint density at radius 1 is 1.14 bits per heavy atom. The standard InChI is InChI=1S/C21H19ClN2O3S/c1-27-20-12-24(13-21(26)23-16-7-5-6-15(22)10-16)17(11-19(20)25)14-28-18-8-3-2-4-9-18/h2-12H,13-14H2,1H3,(H,23,26). The smallest absolute Gasteiger partial charge is 0.244 e. The Hall–Kier alpha value is -2.70. The molecule has 0 aliphatic rings. The summed E-state index contributed by atoms with van der Waals surface area (Å²) in [5.41, 5.74) is 1.14. The second-order valence-electron chi connectivity index (χ2n) is 5.99. The van der Waals surface area contributed by atoms with E-state index in [0.29, 0.717) is 16.5 Å². The first-order valence-electron chi connectivity index (χ1n) is 8.56. The summed E-state index contributed by atoms with van der Waals surface area (Å²) in [7, 11) is 1.44. The van der Waals surface area contributed by atoms with Gasteiger partial charge in [-0.3, -0.25) is 9.59 Å². The van der Waals surface area contributed by atoms with E-state index in [2.05, 4.69) is 5.32 Å². The van der Waals surface area contributed by atoms with Gasteiger partial charge in [0.2, 0.25) is 11.3 Å². The van der Waals surface area contributed by atoms with Crippen LogP contribution in [0.5, 0.6) is 5.75 Å². The zero-order chi connectivity index (χ0) is 19.9. The summed E-state index contributed by atoms with van der Waals surface area (Å²) in [5.74, 6) is 0.524. The maximum absolute atomic E-state index is 12.5. The number of nitrogens with zero attached hydrogens (tertiary/aromatic N) is 1. The Balaban J connectivity index is 1.79. The molecule has 0 unspecified atom stereocenters. The molecule has 0 atom stereocenters. The van der Waals surface area contributed by atoms with E-state index < -0.39 is 0 Å². The number of hydrogen-bond acceptors (Lipinski definition) is 4. The van der Waals surface area contributed by atoms with Crippen molar-refractivity contribution in [1.29, 1.82) is 0 Å². The summed E-state index contributed by atoms with van der Waals surface area (Å²) in [5, 5.41) is 3.36. The Morgan fingerprint density at radius 3 is 2.64 bits per heavy atom. The van der Waals surface area contributed by atoms with Crippen molar-refractivity contribution in [1.82, 2.24) is 4.57 Å². The summed E-state index contributed by atoms with van der Waals surface area (Å²) in [6, 6.07) is 18.3. The van der Waals surface area contributed by atoms with Crippen molar-refractivity contribution in [3.63, 3.8) is 0 Å². The van der Waals surface area contributed by atoms with E-state index in [-0.39, 0.29) is 23.6 Å². The normalized spacial score (nSPS) is 10.5. The molecule has 3 aromatic rings. The highest BCUT2D eigenvalue weighted by Crippen LogP contribution is 2.23. The van der Waals surface area contributed by atoms with Crippen molar-refractivity contribution in [3.05, 3.63) is 87.8 Å². The predicted molar refractivity (Wildman–Crippen MR) is 113 cm³/mol. The number of ether oxygens (including phenoxy) is 1. The van der Waals surface area contributed by atoms with Gasteiger partial charge < -0.3 is 14.6 Å². The first-order chi connectivity index (χ1) is 13.5. The fourth-order valence-electron chi connectivity index (χ4n) is 2.61. The van der Waals surface area contributed by atoms with E-state index in [1.54, 1.807) is 46.8 Å². The lowest BCUT2D eigenvalue weighted by Crippen LogP contribution is -2.22. The number of hydrogen-bond donors (Lipinski definition) is 1. The van der Waals surface area contributed by atoms with E-state index in [0.717, 1.165) is 10.6 Å². The quantitative estimate of drug-likeness (QED) is 0.580. The topological polar surface area (TPSA) is 60.3 Å². The summed E-state index contributed by atoms with van der Waals surface area (Å²) >= 11 is 7.55. The molecule has 7 heteroatoms. The minimum absolute atomic E-state index is 0.0494. The molecule has 144 valence electrons. The van der Waals surface area contributed by atoms with Crippen molar-refractivity contribution in [2.75, 3.05) is 12.4 Å². The van der Waals surface area contributed by atoms with Crippen LogP contribution in [0.2, 0.25) is 5.02 Å². The third kappa shape index (κ3) is 5.41. The Labute approximate surface area is 172 Å². The zero-order valence-corrected chi connectivity index (χ0v) is 16.8. The number of carbonyl (C=O) groups excluding carboxylic acids is 1. The summed E-state index contributed by atoms with van der Waals surface area (Å²) < 4.78 is 6.86. The number of carbonyl (C=O) groups is 1. The number of pyridine rings is 1. The van der Waals surface area contributed by atoms with Crippen LogP contribution in [0.3, 0.4) is 0 Å². The van der Waals surface area contributed by atoms with Gasteiger partial charge in [-0.15, -0.1) is 11.8 Å². The molecule has 0 bridgehead atoms. The van der Waals surface area contributed by atoms with Gasteiger partial charge in [0.15, 0.2) is 5.75 Å². The molecule has 0 saturated heterocycles. The molecule has 0 saturated carbocycles. The molecular weight excluding hydrogens is 396 g/mol. The molecule has 28 heavy (non-hydrogen) atoms. The molecule has 1 amide bonds. The molecular formula is C21H19ClN2O3S. The average Bonchev–Trinajstić information content (AvgIpc) is 2.68. The maximum Gasteiger partial charge on any atom is 0.244 e. The van der Waals surface area contributed by atoms with Crippen LogP contribution < -0.4 is 15.5 Å². The highest BCUT2D eigenvalue weighted by atomic mass is 35.5. The predicted octanol–water partition coefficient (Wildman–Crippen LogP) is 4.44. The number of aromatic nitrogens is 1. The minimum atomic E-state index is -0.223. The van der Waals surface area contributed by atoms with Crippen LogP contribution in [-0.4, -0.2) is 17.6 Å². The van der Waals surface area contributed by atoms with Gasteiger partial charge in [-0.25, -0.2) is 0 Å². The second kappa shape index (κ2) is 9.48. The van der Waals surface area contributed by atoms with Crippen LogP contribution in [0.15, 0.2) is 76.6 Å². The number of nitrogens with one attached hydrogen (secondary N) is 1. The van der Waals surface area contributed by atoms with Crippen molar-refractivity contribution >= 4 is 35.0 Å². The number of halogens is 1. The van der Waals surface area contributed by atoms with Crippen molar-refractivity contribution in [3.8, 4) is 5.75 Å². The molecule has 3 rings (SSSR count). The van der Waals surface area contributed by atoms with Gasteiger partial charge in [0.05, 0.1) is 13.3 Å². The van der Waals surface area contributed by atoms with E-state index in [1.165, 1.54) is 13.2 Å². The SMILES string of the molecule is COc1cn(CC(=O)Nc2cccc(Cl)c2)c(CSc2ccccc2)cc1=O. The molecule has 0 fully saturated rings. The second-order valence-corrected chi connectivity index (χ2v) is 7.47. The number of benzene rings is 2. The van der Waals surface area contributed by atoms with E-state index in [4.69, 9.17) is 16.3 Å². The van der Waals surface area contributed by atoms with Crippen LogP contribution in [0, 0.1) is 0 Å². The lowest BCUT2D eigenvalue weighted by molar-refractivity contribution is -0.116. The van der Waals surface area contributed by atoms with Gasteiger partial charge in [-0.05, 0) is 30.3 Å². The van der Waals surface area contributed by atoms with Crippen LogP contribution in [0.25, 0.3) is 0 Å². The van der Waals surface area contributed by atoms with Gasteiger partial charge in [0.25, 0.3) is 0 Å². The number of rotatable bonds is 7. The van der Waals surface area contributed by atoms with Crippen LogP contribution in [0.4, 0.5) is 5.69 Å². The zero-order valence-electron chi connectivity index (χ0n) is 15.2. The third-order valence-corrected chi connectivity index (χ3v) is 5.24. The van der Waals surface area contributed by atoms with Crippen LogP contribution in [-0.2, 0) is 17.1 Å². The van der Waals surface area contributed by atoms with E-state index >= 15 is 0 Å². The van der Waals surface area contributed by atoms with Crippen LogP contribution in [0.1, 0.15) is 5.69 Å². The molecule has 1 N–H and O–H groups in total. The Morgan fingerprint density at radius 2 is 1.93 bits per heavy atom. The monoisotopic (exact) mass is 414 g/mol. The fraction of sp³-hybridized carbons (Fsp3) is 0.143. The molecule has 0 aliphatic heterocycles. The summed E-state index contributed by atoms with van der Waals surface area (Å²) in [4.78, 5) is 25.8. The maximum atomic E-state index is 12.5. The number of methoxy groups -OCH3 is 1. The number of anilines is 1. The summed E-state index contributed by atoms with van der Waals surface area (Å²) in [6.45, 7) is 0.0494. The molecule has 0 aliphatic carbocycles. The lowest BCUT2D eigenvalue weighted by atomic mass is 10.3. The number of thioether (sulfide) groups is 1. The molecule has 2 aromatic carbocycles.